The smallest absolute Gasteiger partial charge is 0.170 e. The Bertz CT molecular complexity index is 686. The number of fused-ring (bicyclic) bond motifs is 2. The summed E-state index contributed by atoms with van der Waals surface area (Å²) in [5.41, 5.74) is 4.12. The normalized spacial score (nSPS) is 18.7. The first-order valence-corrected chi connectivity index (χ1v) is 7.09. The number of ketones is 1. The summed E-state index contributed by atoms with van der Waals surface area (Å²) in [4.78, 5) is 12.8. The summed E-state index contributed by atoms with van der Waals surface area (Å²) in [5, 5.41) is 7.86. The standard InChI is InChI=1S/C15H11BrN2O/c16-12-2-1-9-4-15(14(19)13(9)3-12)5-10-7-17-18-8-11(10)6-15/h1-3,7-8H,4-6H2. The Morgan fingerprint density at radius 2 is 1.63 bits per heavy atom. The number of halogens is 1. The van der Waals surface area contributed by atoms with Crippen molar-refractivity contribution in [1.29, 1.82) is 0 Å². The monoisotopic (exact) mass is 314 g/mol. The van der Waals surface area contributed by atoms with Crippen LogP contribution in [0.3, 0.4) is 0 Å². The zero-order valence-corrected chi connectivity index (χ0v) is 11.8. The van der Waals surface area contributed by atoms with E-state index in [2.05, 4.69) is 32.2 Å². The van der Waals surface area contributed by atoms with E-state index in [1.165, 1.54) is 16.7 Å². The van der Waals surface area contributed by atoms with E-state index in [0.29, 0.717) is 0 Å². The van der Waals surface area contributed by atoms with E-state index in [4.69, 9.17) is 0 Å². The number of benzene rings is 1. The highest BCUT2D eigenvalue weighted by molar-refractivity contribution is 9.10. The molecular formula is C15H11BrN2O. The van der Waals surface area contributed by atoms with E-state index in [1.807, 2.05) is 12.1 Å². The van der Waals surface area contributed by atoms with Crippen molar-refractivity contribution in [2.75, 3.05) is 0 Å². The molecule has 0 atom stereocenters. The highest BCUT2D eigenvalue weighted by atomic mass is 79.9. The molecular weight excluding hydrogens is 304 g/mol. The maximum Gasteiger partial charge on any atom is 0.170 e. The summed E-state index contributed by atoms with van der Waals surface area (Å²) in [6.45, 7) is 0. The Balaban J connectivity index is 1.80. The van der Waals surface area contributed by atoms with Crippen LogP contribution in [0, 0.1) is 5.41 Å². The molecule has 2 aliphatic carbocycles. The summed E-state index contributed by atoms with van der Waals surface area (Å²) in [6, 6.07) is 6.02. The molecule has 0 saturated heterocycles. The molecule has 0 unspecified atom stereocenters. The molecule has 0 N–H and O–H groups in total. The van der Waals surface area contributed by atoms with Gasteiger partial charge in [0, 0.05) is 15.5 Å². The first-order chi connectivity index (χ1) is 9.18. The van der Waals surface area contributed by atoms with Crippen LogP contribution in [0.25, 0.3) is 0 Å². The van der Waals surface area contributed by atoms with E-state index in [-0.39, 0.29) is 11.2 Å². The molecule has 0 radical (unpaired) electrons. The van der Waals surface area contributed by atoms with Crippen molar-refractivity contribution in [3.05, 3.63) is 57.3 Å². The van der Waals surface area contributed by atoms with Crippen LogP contribution < -0.4 is 0 Å². The molecule has 4 heteroatoms. The zero-order chi connectivity index (χ0) is 13.0. The Hall–Kier alpha value is -1.55. The van der Waals surface area contributed by atoms with Crippen LogP contribution in [0.2, 0.25) is 0 Å². The van der Waals surface area contributed by atoms with Crippen molar-refractivity contribution >= 4 is 21.7 Å². The fraction of sp³-hybridized carbons (Fsp3) is 0.267. The van der Waals surface area contributed by atoms with E-state index in [0.717, 1.165) is 29.3 Å². The Labute approximate surface area is 119 Å². The SMILES string of the molecule is O=C1c2cc(Br)ccc2CC12Cc1cnncc1C2. The minimum atomic E-state index is -0.282. The highest BCUT2D eigenvalue weighted by Gasteiger charge is 2.49. The quantitative estimate of drug-likeness (QED) is 0.751. The first-order valence-electron chi connectivity index (χ1n) is 6.30. The second kappa shape index (κ2) is 3.73. The van der Waals surface area contributed by atoms with Crippen LogP contribution in [0.1, 0.15) is 27.0 Å². The number of carbonyl (C=O) groups is 1. The first kappa shape index (κ1) is 11.3. The summed E-state index contributed by atoms with van der Waals surface area (Å²) in [7, 11) is 0. The number of nitrogens with zero attached hydrogens (tertiary/aromatic N) is 2. The molecule has 1 heterocycles. The topological polar surface area (TPSA) is 42.9 Å². The molecule has 2 aliphatic rings. The molecule has 0 amide bonds. The van der Waals surface area contributed by atoms with Crippen molar-refractivity contribution in [3.63, 3.8) is 0 Å². The molecule has 3 nitrogen and oxygen atoms in total. The fourth-order valence-electron chi connectivity index (χ4n) is 3.41. The molecule has 1 aromatic heterocycles. The lowest BCUT2D eigenvalue weighted by atomic mass is 9.81. The third-order valence-corrected chi connectivity index (χ3v) is 4.78. The van der Waals surface area contributed by atoms with E-state index < -0.39 is 0 Å². The van der Waals surface area contributed by atoms with Gasteiger partial charge in [-0.15, -0.1) is 0 Å². The largest absolute Gasteiger partial charge is 0.294 e. The Morgan fingerprint density at radius 3 is 2.32 bits per heavy atom. The predicted molar refractivity (Wildman–Crippen MR) is 74.0 cm³/mol. The van der Waals surface area contributed by atoms with Crippen LogP contribution in [0.15, 0.2) is 35.1 Å². The van der Waals surface area contributed by atoms with Gasteiger partial charge in [-0.2, -0.15) is 10.2 Å². The van der Waals surface area contributed by atoms with Crippen LogP contribution in [-0.2, 0) is 19.3 Å². The molecule has 19 heavy (non-hydrogen) atoms. The molecule has 2 aromatic rings. The second-order valence-electron chi connectivity index (χ2n) is 5.48. The van der Waals surface area contributed by atoms with Crippen LogP contribution in [0.5, 0.6) is 0 Å². The van der Waals surface area contributed by atoms with Gasteiger partial charge >= 0.3 is 0 Å². The van der Waals surface area contributed by atoms with Crippen molar-refractivity contribution in [2.45, 2.75) is 19.3 Å². The van der Waals surface area contributed by atoms with Crippen molar-refractivity contribution < 1.29 is 4.79 Å². The molecule has 0 bridgehead atoms. The van der Waals surface area contributed by atoms with Gasteiger partial charge in [0.1, 0.15) is 0 Å². The number of hydrogen-bond donors (Lipinski definition) is 0. The van der Waals surface area contributed by atoms with Crippen LogP contribution in [0.4, 0.5) is 0 Å². The minimum absolute atomic E-state index is 0.278. The van der Waals surface area contributed by atoms with Crippen LogP contribution >= 0.6 is 15.9 Å². The third-order valence-electron chi connectivity index (χ3n) is 4.29. The van der Waals surface area contributed by atoms with Gasteiger partial charge in [0.05, 0.1) is 12.4 Å². The number of aromatic nitrogens is 2. The highest BCUT2D eigenvalue weighted by Crippen LogP contribution is 2.47. The molecule has 1 spiro atoms. The molecule has 94 valence electrons. The maximum atomic E-state index is 12.8. The zero-order valence-electron chi connectivity index (χ0n) is 10.2. The van der Waals surface area contributed by atoms with Crippen molar-refractivity contribution in [1.82, 2.24) is 10.2 Å². The summed E-state index contributed by atoms with van der Waals surface area (Å²) in [5.74, 6) is 0.278. The van der Waals surface area contributed by atoms with Gasteiger partial charge in [0.15, 0.2) is 5.78 Å². The molecule has 0 saturated carbocycles. The van der Waals surface area contributed by atoms with Gasteiger partial charge in [0.25, 0.3) is 0 Å². The molecule has 0 fully saturated rings. The number of rotatable bonds is 0. The van der Waals surface area contributed by atoms with E-state index >= 15 is 0 Å². The lowest BCUT2D eigenvalue weighted by Crippen LogP contribution is -2.28. The number of carbonyl (C=O) groups excluding carboxylic acids is 1. The van der Waals surface area contributed by atoms with Crippen LogP contribution in [-0.4, -0.2) is 16.0 Å². The number of Topliss-reactive ketones (excluding diaryl/α,β-unsaturated/α-hetero) is 1. The average Bonchev–Trinajstić information content (AvgIpc) is 2.90. The van der Waals surface area contributed by atoms with Gasteiger partial charge in [-0.05, 0) is 48.1 Å². The lowest BCUT2D eigenvalue weighted by molar-refractivity contribution is 0.0831. The van der Waals surface area contributed by atoms with E-state index in [1.54, 1.807) is 12.4 Å². The van der Waals surface area contributed by atoms with Gasteiger partial charge in [-0.25, -0.2) is 0 Å². The molecule has 0 aliphatic heterocycles. The van der Waals surface area contributed by atoms with Crippen molar-refractivity contribution in [2.24, 2.45) is 5.41 Å². The fourth-order valence-corrected chi connectivity index (χ4v) is 3.77. The number of hydrogen-bond acceptors (Lipinski definition) is 3. The molecule has 4 rings (SSSR count). The van der Waals surface area contributed by atoms with E-state index in [9.17, 15) is 4.79 Å². The predicted octanol–water partition coefficient (Wildman–Crippen LogP) is 2.76. The Kier molecular flexibility index (Phi) is 2.22. The summed E-state index contributed by atoms with van der Waals surface area (Å²) in [6.07, 6.45) is 6.03. The maximum absolute atomic E-state index is 12.8. The Morgan fingerprint density at radius 1 is 1.00 bits per heavy atom. The van der Waals surface area contributed by atoms with Gasteiger partial charge in [-0.1, -0.05) is 22.0 Å². The summed E-state index contributed by atoms with van der Waals surface area (Å²) >= 11 is 3.45. The summed E-state index contributed by atoms with van der Waals surface area (Å²) < 4.78 is 0.968. The van der Waals surface area contributed by atoms with Gasteiger partial charge in [-0.3, -0.25) is 4.79 Å². The third kappa shape index (κ3) is 1.53. The van der Waals surface area contributed by atoms with Crippen molar-refractivity contribution in [3.8, 4) is 0 Å². The average molecular weight is 315 g/mol. The van der Waals surface area contributed by atoms with Gasteiger partial charge in [0.2, 0.25) is 0 Å². The lowest BCUT2D eigenvalue weighted by Gasteiger charge is -2.19. The molecule has 1 aromatic carbocycles. The minimum Gasteiger partial charge on any atom is -0.294 e. The second-order valence-corrected chi connectivity index (χ2v) is 6.40. The van der Waals surface area contributed by atoms with Gasteiger partial charge < -0.3 is 0 Å².